The molecule has 2 bridgehead atoms. The lowest BCUT2D eigenvalue weighted by Crippen LogP contribution is -2.55. The van der Waals surface area contributed by atoms with Crippen LogP contribution in [-0.2, 0) is 15.2 Å². The average Bonchev–Trinajstić information content (AvgIpc) is 3.20. The molecule has 1 aliphatic heterocycles. The molecule has 2 heterocycles. The van der Waals surface area contributed by atoms with Gasteiger partial charge in [-0.1, -0.05) is 44.5 Å². The van der Waals surface area contributed by atoms with E-state index < -0.39 is 17.3 Å². The monoisotopic (exact) mass is 546 g/mol. The number of rotatable bonds is 4. The highest BCUT2D eigenvalue weighted by atomic mass is 35.5. The first kappa shape index (κ1) is 25.7. The molecule has 8 heteroatoms. The van der Waals surface area contributed by atoms with Gasteiger partial charge in [0.2, 0.25) is 0 Å². The Morgan fingerprint density at radius 3 is 2.62 bits per heavy atom. The van der Waals surface area contributed by atoms with Crippen molar-refractivity contribution in [2.75, 3.05) is 5.32 Å². The fraction of sp³-hybridized carbons (Fsp3) is 0.387. The number of hydrogen-bond acceptors (Lipinski definition) is 6. The SMILES string of the molecule is CC1(c2cc3cc(Cl)ccc3oc2=O)NC(=O)c2c(/C=C/C(=O)OC3CC4CCC3(C)C4(C)C)cccc2N1. The number of esters is 1. The predicted molar refractivity (Wildman–Crippen MR) is 151 cm³/mol. The summed E-state index contributed by atoms with van der Waals surface area (Å²) in [5.41, 5.74) is 0.433. The van der Waals surface area contributed by atoms with Crippen LogP contribution in [0.1, 0.15) is 68.4 Å². The van der Waals surface area contributed by atoms with Crippen LogP contribution in [0.4, 0.5) is 5.69 Å². The Morgan fingerprint density at radius 1 is 1.10 bits per heavy atom. The number of fused-ring (bicyclic) bond motifs is 4. The van der Waals surface area contributed by atoms with Crippen LogP contribution < -0.4 is 16.3 Å². The summed E-state index contributed by atoms with van der Waals surface area (Å²) >= 11 is 6.13. The van der Waals surface area contributed by atoms with Crippen LogP contribution in [-0.4, -0.2) is 18.0 Å². The summed E-state index contributed by atoms with van der Waals surface area (Å²) in [7, 11) is 0. The predicted octanol–water partition coefficient (Wildman–Crippen LogP) is 6.25. The molecule has 4 unspecified atom stereocenters. The number of halogens is 1. The van der Waals surface area contributed by atoms with E-state index >= 15 is 0 Å². The van der Waals surface area contributed by atoms with Crippen molar-refractivity contribution in [3.8, 4) is 0 Å². The maximum atomic E-state index is 13.4. The third kappa shape index (κ3) is 3.97. The molecule has 4 atom stereocenters. The molecule has 2 saturated carbocycles. The van der Waals surface area contributed by atoms with Crippen molar-refractivity contribution in [2.45, 2.75) is 58.7 Å². The minimum atomic E-state index is -1.23. The van der Waals surface area contributed by atoms with E-state index in [1.54, 1.807) is 55.5 Å². The van der Waals surface area contributed by atoms with Crippen molar-refractivity contribution in [3.05, 3.63) is 80.7 Å². The van der Waals surface area contributed by atoms with Crippen molar-refractivity contribution in [2.24, 2.45) is 16.7 Å². The van der Waals surface area contributed by atoms with Crippen LogP contribution in [0.3, 0.4) is 0 Å². The average molecular weight is 547 g/mol. The van der Waals surface area contributed by atoms with Crippen molar-refractivity contribution in [1.29, 1.82) is 0 Å². The summed E-state index contributed by atoms with van der Waals surface area (Å²) in [4.78, 5) is 39.1. The highest BCUT2D eigenvalue weighted by molar-refractivity contribution is 6.31. The number of carbonyl (C=O) groups is 2. The van der Waals surface area contributed by atoms with E-state index in [1.807, 2.05) is 0 Å². The second kappa shape index (κ2) is 8.71. The summed E-state index contributed by atoms with van der Waals surface area (Å²) in [6, 6.07) is 12.0. The molecule has 2 fully saturated rings. The Morgan fingerprint density at radius 2 is 1.90 bits per heavy atom. The number of benzene rings is 2. The zero-order chi connectivity index (χ0) is 27.7. The largest absolute Gasteiger partial charge is 0.459 e. The van der Waals surface area contributed by atoms with Crippen LogP contribution in [0.2, 0.25) is 5.02 Å². The summed E-state index contributed by atoms with van der Waals surface area (Å²) in [6.07, 6.45) is 6.02. The van der Waals surface area contributed by atoms with Crippen LogP contribution in [0.15, 0.2) is 57.8 Å². The highest BCUT2D eigenvalue weighted by Crippen LogP contribution is 2.66. The Labute approximate surface area is 231 Å². The number of carbonyl (C=O) groups excluding carboxylic acids is 2. The van der Waals surface area contributed by atoms with Crippen LogP contribution >= 0.6 is 11.6 Å². The van der Waals surface area contributed by atoms with E-state index in [9.17, 15) is 14.4 Å². The van der Waals surface area contributed by atoms with Crippen molar-refractivity contribution >= 4 is 46.2 Å². The Kier molecular flexibility index (Phi) is 5.74. The standard InChI is InChI=1S/C31H31ClN2O5/c1-29(2)19-12-13-30(29,3)24(16-19)39-25(35)11-8-17-6-5-7-22-26(17)27(36)34-31(4,33-22)21-15-18-14-20(32)9-10-23(18)38-28(21)37/h5-11,14-15,19,24,33H,12-13,16H2,1-4H3,(H,34,36)/b11-8+. The zero-order valence-corrected chi connectivity index (χ0v) is 23.1. The van der Waals surface area contributed by atoms with E-state index in [4.69, 9.17) is 20.8 Å². The molecule has 0 spiro atoms. The molecule has 0 saturated heterocycles. The number of ether oxygens (including phenoxy) is 1. The van der Waals surface area contributed by atoms with Gasteiger partial charge in [0.1, 0.15) is 17.3 Å². The topological polar surface area (TPSA) is 97.6 Å². The van der Waals surface area contributed by atoms with E-state index in [1.165, 1.54) is 12.5 Å². The molecule has 2 N–H and O–H groups in total. The number of nitrogens with one attached hydrogen (secondary N) is 2. The molecule has 2 aromatic carbocycles. The van der Waals surface area contributed by atoms with Crippen LogP contribution in [0.25, 0.3) is 17.0 Å². The normalized spacial score (nSPS) is 28.8. The summed E-state index contributed by atoms with van der Waals surface area (Å²) in [5, 5.41) is 7.34. The molecular formula is C31H31ClN2O5. The first-order valence-electron chi connectivity index (χ1n) is 13.3. The van der Waals surface area contributed by atoms with Gasteiger partial charge in [-0.2, -0.15) is 0 Å². The first-order chi connectivity index (χ1) is 18.4. The molecule has 39 heavy (non-hydrogen) atoms. The number of anilines is 1. The van der Waals surface area contributed by atoms with Crippen molar-refractivity contribution in [1.82, 2.24) is 5.32 Å². The van der Waals surface area contributed by atoms with Gasteiger partial charge in [0.25, 0.3) is 5.91 Å². The first-order valence-corrected chi connectivity index (χ1v) is 13.7. The molecule has 1 amide bonds. The fourth-order valence-electron chi connectivity index (χ4n) is 6.88. The maximum absolute atomic E-state index is 13.4. The smallest absolute Gasteiger partial charge is 0.343 e. The van der Waals surface area contributed by atoms with Gasteiger partial charge in [0, 0.05) is 27.6 Å². The van der Waals surface area contributed by atoms with E-state index in [-0.39, 0.29) is 28.4 Å². The lowest BCUT2D eigenvalue weighted by atomic mass is 9.70. The molecule has 0 radical (unpaired) electrons. The molecule has 6 rings (SSSR count). The number of amides is 1. The summed E-state index contributed by atoms with van der Waals surface area (Å²) in [6.45, 7) is 8.49. The third-order valence-corrected chi connectivity index (χ3v) is 9.91. The van der Waals surface area contributed by atoms with Gasteiger partial charge in [-0.25, -0.2) is 9.59 Å². The molecule has 3 aliphatic rings. The molecule has 7 nitrogen and oxygen atoms in total. The summed E-state index contributed by atoms with van der Waals surface area (Å²) in [5.74, 6) is -0.229. The van der Waals surface area contributed by atoms with Gasteiger partial charge in [-0.3, -0.25) is 4.79 Å². The maximum Gasteiger partial charge on any atom is 0.343 e. The van der Waals surface area contributed by atoms with Crippen molar-refractivity contribution in [3.63, 3.8) is 0 Å². The van der Waals surface area contributed by atoms with E-state index in [0.717, 1.165) is 12.8 Å². The Hall–Kier alpha value is -3.58. The van der Waals surface area contributed by atoms with Gasteiger partial charge in [0.15, 0.2) is 0 Å². The quantitative estimate of drug-likeness (QED) is 0.228. The highest BCUT2D eigenvalue weighted by Gasteiger charge is 2.62. The van der Waals surface area contributed by atoms with Crippen LogP contribution in [0, 0.1) is 16.7 Å². The van der Waals surface area contributed by atoms with Gasteiger partial charge < -0.3 is 19.8 Å². The minimum absolute atomic E-state index is 0.0257. The van der Waals surface area contributed by atoms with Gasteiger partial charge >= 0.3 is 11.6 Å². The van der Waals surface area contributed by atoms with Gasteiger partial charge in [-0.05, 0) is 79.5 Å². The number of hydrogen-bond donors (Lipinski definition) is 2. The fourth-order valence-corrected chi connectivity index (χ4v) is 7.06. The molecule has 1 aromatic heterocycles. The lowest BCUT2D eigenvalue weighted by molar-refractivity contribution is -0.150. The van der Waals surface area contributed by atoms with Crippen LogP contribution in [0.5, 0.6) is 0 Å². The third-order valence-electron chi connectivity index (χ3n) is 9.68. The minimum Gasteiger partial charge on any atom is -0.459 e. The Bertz CT molecular complexity index is 1620. The van der Waals surface area contributed by atoms with Gasteiger partial charge in [-0.15, -0.1) is 0 Å². The zero-order valence-electron chi connectivity index (χ0n) is 22.4. The molecular weight excluding hydrogens is 516 g/mol. The molecule has 2 aliphatic carbocycles. The van der Waals surface area contributed by atoms with Crippen molar-refractivity contribution < 1.29 is 18.7 Å². The lowest BCUT2D eigenvalue weighted by Gasteiger charge is -2.38. The van der Waals surface area contributed by atoms with E-state index in [0.29, 0.717) is 38.7 Å². The summed E-state index contributed by atoms with van der Waals surface area (Å²) < 4.78 is 11.4. The molecule has 202 valence electrons. The van der Waals surface area contributed by atoms with Gasteiger partial charge in [0.05, 0.1) is 11.1 Å². The second-order valence-corrected chi connectivity index (χ2v) is 12.4. The second-order valence-electron chi connectivity index (χ2n) is 12.0. The molecule has 3 aromatic rings. The Balaban J connectivity index is 1.25. The van der Waals surface area contributed by atoms with E-state index in [2.05, 4.69) is 31.4 Å².